The normalized spacial score (nSPS) is 10.6. The van der Waals surface area contributed by atoms with Gasteiger partial charge in [-0.2, -0.15) is 5.10 Å². The SMILES string of the molecule is Cc1cc(C)n(CCC(=O)Nc2ccc(Cl)cc2C)n1. The Morgan fingerprint density at radius 1 is 1.30 bits per heavy atom. The van der Waals surface area contributed by atoms with Crippen LogP contribution in [0.5, 0.6) is 0 Å². The number of anilines is 1. The molecular weight excluding hydrogens is 274 g/mol. The number of rotatable bonds is 4. The predicted molar refractivity (Wildman–Crippen MR) is 81.1 cm³/mol. The van der Waals surface area contributed by atoms with Gasteiger partial charge >= 0.3 is 0 Å². The molecule has 0 spiro atoms. The van der Waals surface area contributed by atoms with Crippen LogP contribution < -0.4 is 5.32 Å². The highest BCUT2D eigenvalue weighted by Crippen LogP contribution is 2.19. The van der Waals surface area contributed by atoms with Crippen molar-refractivity contribution in [3.63, 3.8) is 0 Å². The summed E-state index contributed by atoms with van der Waals surface area (Å²) in [5.74, 6) is -0.0250. The molecule has 20 heavy (non-hydrogen) atoms. The van der Waals surface area contributed by atoms with Crippen molar-refractivity contribution in [2.45, 2.75) is 33.7 Å². The van der Waals surface area contributed by atoms with Crippen LogP contribution in [0.2, 0.25) is 5.02 Å². The number of hydrogen-bond donors (Lipinski definition) is 1. The topological polar surface area (TPSA) is 46.9 Å². The van der Waals surface area contributed by atoms with E-state index in [1.54, 1.807) is 6.07 Å². The van der Waals surface area contributed by atoms with Crippen LogP contribution >= 0.6 is 11.6 Å². The van der Waals surface area contributed by atoms with Gasteiger partial charge < -0.3 is 5.32 Å². The first-order valence-corrected chi connectivity index (χ1v) is 6.90. The minimum absolute atomic E-state index is 0.0250. The Hall–Kier alpha value is -1.81. The zero-order valence-corrected chi connectivity index (χ0v) is 12.7. The third kappa shape index (κ3) is 3.61. The molecule has 0 atom stereocenters. The van der Waals surface area contributed by atoms with Gasteiger partial charge in [-0.15, -0.1) is 0 Å². The van der Waals surface area contributed by atoms with E-state index in [9.17, 15) is 4.79 Å². The van der Waals surface area contributed by atoms with E-state index in [2.05, 4.69) is 10.4 Å². The summed E-state index contributed by atoms with van der Waals surface area (Å²) in [5, 5.41) is 7.90. The Kier molecular flexibility index (Phi) is 4.45. The van der Waals surface area contributed by atoms with Gasteiger partial charge in [0.1, 0.15) is 0 Å². The Bertz CT molecular complexity index is 634. The van der Waals surface area contributed by atoms with Gasteiger partial charge in [0.15, 0.2) is 0 Å². The maximum absolute atomic E-state index is 12.0. The first-order valence-electron chi connectivity index (χ1n) is 6.53. The van der Waals surface area contributed by atoms with E-state index in [4.69, 9.17) is 11.6 Å². The molecule has 1 N–H and O–H groups in total. The molecule has 1 heterocycles. The summed E-state index contributed by atoms with van der Waals surface area (Å²) in [5.41, 5.74) is 3.79. The summed E-state index contributed by atoms with van der Waals surface area (Å²) in [4.78, 5) is 12.0. The molecule has 4 nitrogen and oxygen atoms in total. The van der Waals surface area contributed by atoms with E-state index in [-0.39, 0.29) is 5.91 Å². The van der Waals surface area contributed by atoms with Gasteiger partial charge in [0.2, 0.25) is 5.91 Å². The molecule has 5 heteroatoms. The summed E-state index contributed by atoms with van der Waals surface area (Å²) in [7, 11) is 0. The molecule has 106 valence electrons. The van der Waals surface area contributed by atoms with Crippen LogP contribution in [0, 0.1) is 20.8 Å². The van der Waals surface area contributed by atoms with Gasteiger partial charge in [-0.1, -0.05) is 11.6 Å². The summed E-state index contributed by atoms with van der Waals surface area (Å²) in [6, 6.07) is 7.42. The van der Waals surface area contributed by atoms with E-state index in [1.165, 1.54) is 0 Å². The van der Waals surface area contributed by atoms with E-state index in [1.807, 2.05) is 43.7 Å². The number of halogens is 1. The lowest BCUT2D eigenvalue weighted by atomic mass is 10.2. The molecule has 1 amide bonds. The number of nitrogens with one attached hydrogen (secondary N) is 1. The highest BCUT2D eigenvalue weighted by molar-refractivity contribution is 6.30. The second kappa shape index (κ2) is 6.09. The predicted octanol–water partition coefficient (Wildman–Crippen LogP) is 3.49. The smallest absolute Gasteiger partial charge is 0.226 e. The Balaban J connectivity index is 1.94. The first kappa shape index (κ1) is 14.6. The molecule has 0 saturated heterocycles. The van der Waals surface area contributed by atoms with Crippen LogP contribution in [0.1, 0.15) is 23.4 Å². The second-order valence-electron chi connectivity index (χ2n) is 4.91. The molecule has 0 radical (unpaired) electrons. The van der Waals surface area contributed by atoms with Crippen LogP contribution in [0.25, 0.3) is 0 Å². The number of aryl methyl sites for hydroxylation is 4. The summed E-state index contributed by atoms with van der Waals surface area (Å²) in [6.45, 7) is 6.43. The van der Waals surface area contributed by atoms with Gasteiger partial charge in [0, 0.05) is 29.4 Å². The van der Waals surface area contributed by atoms with Crippen molar-refractivity contribution in [3.05, 3.63) is 46.2 Å². The van der Waals surface area contributed by atoms with Crippen LogP contribution in [-0.4, -0.2) is 15.7 Å². The molecule has 0 bridgehead atoms. The lowest BCUT2D eigenvalue weighted by molar-refractivity contribution is -0.116. The van der Waals surface area contributed by atoms with E-state index in [0.29, 0.717) is 18.0 Å². The van der Waals surface area contributed by atoms with Crippen molar-refractivity contribution in [1.82, 2.24) is 9.78 Å². The molecule has 0 unspecified atom stereocenters. The maximum Gasteiger partial charge on any atom is 0.226 e. The zero-order valence-electron chi connectivity index (χ0n) is 11.9. The number of carbonyl (C=O) groups excluding carboxylic acids is 1. The number of carbonyl (C=O) groups is 1. The second-order valence-corrected chi connectivity index (χ2v) is 5.34. The number of hydrogen-bond acceptors (Lipinski definition) is 2. The average molecular weight is 292 g/mol. The standard InChI is InChI=1S/C15H18ClN3O/c1-10-8-13(16)4-5-14(10)17-15(20)6-7-19-12(3)9-11(2)18-19/h4-5,8-9H,6-7H2,1-3H3,(H,17,20). The van der Waals surface area contributed by atoms with E-state index >= 15 is 0 Å². The van der Waals surface area contributed by atoms with Gasteiger partial charge in [0.05, 0.1) is 5.69 Å². The monoisotopic (exact) mass is 291 g/mol. The van der Waals surface area contributed by atoms with Gasteiger partial charge in [-0.3, -0.25) is 9.48 Å². The first-order chi connectivity index (χ1) is 9.45. The molecule has 0 fully saturated rings. The van der Waals surface area contributed by atoms with Crippen molar-refractivity contribution in [2.24, 2.45) is 0 Å². The fourth-order valence-electron chi connectivity index (χ4n) is 2.09. The summed E-state index contributed by atoms with van der Waals surface area (Å²) < 4.78 is 1.85. The fraction of sp³-hybridized carbons (Fsp3) is 0.333. The number of aromatic nitrogens is 2. The van der Waals surface area contributed by atoms with E-state index in [0.717, 1.165) is 22.6 Å². The Morgan fingerprint density at radius 3 is 2.65 bits per heavy atom. The molecule has 2 aromatic rings. The van der Waals surface area contributed by atoms with Gasteiger partial charge in [-0.05, 0) is 50.6 Å². The number of benzene rings is 1. The van der Waals surface area contributed by atoms with Crippen LogP contribution in [0.4, 0.5) is 5.69 Å². The third-order valence-corrected chi connectivity index (χ3v) is 3.35. The quantitative estimate of drug-likeness (QED) is 0.937. The number of nitrogens with zero attached hydrogens (tertiary/aromatic N) is 2. The lowest BCUT2D eigenvalue weighted by Gasteiger charge is -2.09. The molecule has 1 aromatic carbocycles. The van der Waals surface area contributed by atoms with Crippen molar-refractivity contribution >= 4 is 23.2 Å². The van der Waals surface area contributed by atoms with Crippen molar-refractivity contribution < 1.29 is 4.79 Å². The van der Waals surface area contributed by atoms with Crippen LogP contribution in [0.3, 0.4) is 0 Å². The summed E-state index contributed by atoms with van der Waals surface area (Å²) >= 11 is 5.89. The minimum atomic E-state index is -0.0250. The highest BCUT2D eigenvalue weighted by atomic mass is 35.5. The van der Waals surface area contributed by atoms with Crippen LogP contribution in [0.15, 0.2) is 24.3 Å². The van der Waals surface area contributed by atoms with Crippen molar-refractivity contribution in [3.8, 4) is 0 Å². The molecule has 0 aliphatic rings. The third-order valence-electron chi connectivity index (χ3n) is 3.12. The van der Waals surface area contributed by atoms with Crippen LogP contribution in [-0.2, 0) is 11.3 Å². The zero-order chi connectivity index (χ0) is 14.7. The highest BCUT2D eigenvalue weighted by Gasteiger charge is 2.07. The molecule has 0 aliphatic heterocycles. The lowest BCUT2D eigenvalue weighted by Crippen LogP contribution is -2.16. The molecule has 2 rings (SSSR count). The minimum Gasteiger partial charge on any atom is -0.326 e. The summed E-state index contributed by atoms with van der Waals surface area (Å²) in [6.07, 6.45) is 0.393. The van der Waals surface area contributed by atoms with Crippen molar-refractivity contribution in [1.29, 1.82) is 0 Å². The van der Waals surface area contributed by atoms with Gasteiger partial charge in [-0.25, -0.2) is 0 Å². The largest absolute Gasteiger partial charge is 0.326 e. The van der Waals surface area contributed by atoms with Crippen molar-refractivity contribution in [2.75, 3.05) is 5.32 Å². The molecule has 0 aliphatic carbocycles. The molecule has 0 saturated carbocycles. The Labute approximate surface area is 123 Å². The molecular formula is C15H18ClN3O. The fourth-order valence-corrected chi connectivity index (χ4v) is 2.32. The number of amides is 1. The van der Waals surface area contributed by atoms with E-state index < -0.39 is 0 Å². The Morgan fingerprint density at radius 2 is 2.05 bits per heavy atom. The maximum atomic E-state index is 12.0. The van der Waals surface area contributed by atoms with Gasteiger partial charge in [0.25, 0.3) is 0 Å². The average Bonchev–Trinajstić information content (AvgIpc) is 2.69. The molecule has 1 aromatic heterocycles.